The second-order valence-corrected chi connectivity index (χ2v) is 8.53. The number of carbonyl (C=O) groups is 1. The second kappa shape index (κ2) is 10.5. The van der Waals surface area contributed by atoms with Gasteiger partial charge in [-0.25, -0.2) is 8.42 Å². The number of hydrogen-bond donors (Lipinski definition) is 3. The Balaban J connectivity index is 1.71. The molecule has 0 fully saturated rings. The third-order valence-electron chi connectivity index (χ3n) is 4.56. The standard InChI is InChI=1S/C24H25N3O4S/c1-3-31-20-13-15-21(16-14-20)32(29,30)27-23-12-8-7-11-22(23)24(28)26-25-17-18(2)19-9-5-4-6-10-19/h4-17,25,27H,3H2,1-2H3,(H,26,28)/b18-17-. The van der Waals surface area contributed by atoms with Crippen LogP contribution >= 0.6 is 0 Å². The molecule has 3 aromatic rings. The van der Waals surface area contributed by atoms with Gasteiger partial charge in [0.25, 0.3) is 15.9 Å². The zero-order valence-electron chi connectivity index (χ0n) is 17.8. The van der Waals surface area contributed by atoms with Crippen LogP contribution in [0.15, 0.2) is 90.0 Å². The van der Waals surface area contributed by atoms with E-state index in [0.29, 0.717) is 12.4 Å². The largest absolute Gasteiger partial charge is 0.494 e. The van der Waals surface area contributed by atoms with Crippen LogP contribution in [0.25, 0.3) is 5.57 Å². The summed E-state index contributed by atoms with van der Waals surface area (Å²) >= 11 is 0. The van der Waals surface area contributed by atoms with Crippen molar-refractivity contribution < 1.29 is 17.9 Å². The third-order valence-corrected chi connectivity index (χ3v) is 5.95. The molecule has 1 amide bonds. The van der Waals surface area contributed by atoms with Crippen LogP contribution in [0.5, 0.6) is 5.75 Å². The normalized spacial score (nSPS) is 11.5. The molecule has 0 saturated carbocycles. The molecule has 0 heterocycles. The maximum Gasteiger partial charge on any atom is 0.271 e. The molecule has 0 aliphatic rings. The van der Waals surface area contributed by atoms with E-state index in [1.807, 2.05) is 44.2 Å². The maximum absolute atomic E-state index is 12.8. The van der Waals surface area contributed by atoms with Crippen molar-refractivity contribution in [3.05, 3.63) is 96.2 Å². The van der Waals surface area contributed by atoms with Crippen molar-refractivity contribution in [3.63, 3.8) is 0 Å². The molecule has 0 aliphatic heterocycles. The van der Waals surface area contributed by atoms with E-state index in [1.165, 1.54) is 18.2 Å². The summed E-state index contributed by atoms with van der Waals surface area (Å²) in [5, 5.41) is 0. The minimum Gasteiger partial charge on any atom is -0.494 e. The van der Waals surface area contributed by atoms with E-state index < -0.39 is 15.9 Å². The van der Waals surface area contributed by atoms with E-state index in [0.717, 1.165) is 11.1 Å². The maximum atomic E-state index is 12.8. The molecule has 3 rings (SSSR count). The lowest BCUT2D eigenvalue weighted by Gasteiger charge is -2.13. The van der Waals surface area contributed by atoms with Gasteiger partial charge < -0.3 is 10.2 Å². The van der Waals surface area contributed by atoms with E-state index >= 15 is 0 Å². The summed E-state index contributed by atoms with van der Waals surface area (Å²) in [6, 6.07) is 22.2. The molecule has 0 atom stereocenters. The molecule has 3 aromatic carbocycles. The number of allylic oxidation sites excluding steroid dienone is 1. The zero-order valence-corrected chi connectivity index (χ0v) is 18.6. The Labute approximate surface area is 188 Å². The Morgan fingerprint density at radius 3 is 2.28 bits per heavy atom. The lowest BCUT2D eigenvalue weighted by atomic mass is 10.1. The molecule has 8 heteroatoms. The highest BCUT2D eigenvalue weighted by Gasteiger charge is 2.18. The van der Waals surface area contributed by atoms with Gasteiger partial charge in [0.05, 0.1) is 22.8 Å². The molecular formula is C24H25N3O4S. The van der Waals surface area contributed by atoms with Crippen molar-refractivity contribution in [2.45, 2.75) is 18.7 Å². The smallest absolute Gasteiger partial charge is 0.271 e. The molecular weight excluding hydrogens is 426 g/mol. The van der Waals surface area contributed by atoms with Gasteiger partial charge in [-0.3, -0.25) is 14.9 Å². The third kappa shape index (κ3) is 5.89. The quantitative estimate of drug-likeness (QED) is 0.424. The molecule has 0 aliphatic carbocycles. The van der Waals surface area contributed by atoms with Crippen molar-refractivity contribution in [1.82, 2.24) is 10.9 Å². The first-order valence-corrected chi connectivity index (χ1v) is 11.5. The van der Waals surface area contributed by atoms with Crippen LogP contribution in [-0.4, -0.2) is 20.9 Å². The summed E-state index contributed by atoms with van der Waals surface area (Å²) < 4.78 is 33.4. The van der Waals surface area contributed by atoms with Gasteiger partial charge in [-0.1, -0.05) is 42.5 Å². The van der Waals surface area contributed by atoms with Gasteiger partial charge in [0.2, 0.25) is 0 Å². The Morgan fingerprint density at radius 2 is 1.59 bits per heavy atom. The van der Waals surface area contributed by atoms with E-state index in [1.54, 1.807) is 36.5 Å². The topological polar surface area (TPSA) is 96.5 Å². The number of rotatable bonds is 9. The molecule has 166 valence electrons. The van der Waals surface area contributed by atoms with Gasteiger partial charge >= 0.3 is 0 Å². The highest BCUT2D eigenvalue weighted by atomic mass is 32.2. The average molecular weight is 452 g/mol. The first kappa shape index (κ1) is 22.9. The number of anilines is 1. The molecule has 0 unspecified atom stereocenters. The molecule has 0 bridgehead atoms. The minimum absolute atomic E-state index is 0.0655. The van der Waals surface area contributed by atoms with Crippen molar-refractivity contribution in [1.29, 1.82) is 0 Å². The first-order valence-electron chi connectivity index (χ1n) is 10.0. The van der Waals surface area contributed by atoms with Gasteiger partial charge in [0.15, 0.2) is 0 Å². The average Bonchev–Trinajstić information content (AvgIpc) is 2.80. The predicted octanol–water partition coefficient (Wildman–Crippen LogP) is 4.18. The summed E-state index contributed by atoms with van der Waals surface area (Å²) in [6.07, 6.45) is 1.67. The molecule has 3 N–H and O–H groups in total. The molecule has 7 nitrogen and oxygen atoms in total. The fourth-order valence-electron chi connectivity index (χ4n) is 2.92. The Bertz CT molecular complexity index is 1190. The van der Waals surface area contributed by atoms with Gasteiger partial charge in [0.1, 0.15) is 5.75 Å². The number of para-hydroxylation sites is 1. The van der Waals surface area contributed by atoms with Crippen molar-refractivity contribution in [3.8, 4) is 5.75 Å². The fourth-order valence-corrected chi connectivity index (χ4v) is 4.00. The van der Waals surface area contributed by atoms with Crippen LogP contribution in [-0.2, 0) is 10.0 Å². The van der Waals surface area contributed by atoms with Crippen molar-refractivity contribution in [2.75, 3.05) is 11.3 Å². The van der Waals surface area contributed by atoms with Gasteiger partial charge in [-0.15, -0.1) is 0 Å². The number of ether oxygens (including phenoxy) is 1. The number of carbonyl (C=O) groups excluding carboxylic acids is 1. The Kier molecular flexibility index (Phi) is 7.51. The SMILES string of the molecule is CCOc1ccc(S(=O)(=O)Nc2ccccc2C(=O)NN/C=C(/C)c2ccccc2)cc1. The molecule has 32 heavy (non-hydrogen) atoms. The molecule has 0 saturated heterocycles. The number of hydrogen-bond acceptors (Lipinski definition) is 5. The summed E-state index contributed by atoms with van der Waals surface area (Å²) in [4.78, 5) is 12.7. The van der Waals surface area contributed by atoms with Gasteiger partial charge in [-0.05, 0) is 61.4 Å². The summed E-state index contributed by atoms with van der Waals surface area (Å²) in [7, 11) is -3.89. The number of benzene rings is 3. The van der Waals surface area contributed by atoms with Gasteiger partial charge in [0, 0.05) is 6.20 Å². The zero-order chi connectivity index (χ0) is 23.0. The summed E-state index contributed by atoms with van der Waals surface area (Å²) in [5.74, 6) is 0.100. The Morgan fingerprint density at radius 1 is 0.938 bits per heavy atom. The van der Waals surface area contributed by atoms with E-state index in [-0.39, 0.29) is 16.1 Å². The van der Waals surface area contributed by atoms with Crippen molar-refractivity contribution in [2.24, 2.45) is 0 Å². The lowest BCUT2D eigenvalue weighted by molar-refractivity contribution is 0.0942. The number of sulfonamides is 1. The van der Waals surface area contributed by atoms with Crippen LogP contribution < -0.4 is 20.3 Å². The van der Waals surface area contributed by atoms with Crippen LogP contribution in [0.1, 0.15) is 29.8 Å². The minimum atomic E-state index is -3.89. The molecule has 0 aromatic heterocycles. The molecule has 0 radical (unpaired) electrons. The lowest BCUT2D eigenvalue weighted by Crippen LogP contribution is -2.34. The monoisotopic (exact) mass is 451 g/mol. The predicted molar refractivity (Wildman–Crippen MR) is 126 cm³/mol. The van der Waals surface area contributed by atoms with Crippen LogP contribution in [0.3, 0.4) is 0 Å². The van der Waals surface area contributed by atoms with E-state index in [4.69, 9.17) is 4.74 Å². The Hall–Kier alpha value is -3.78. The number of amides is 1. The fraction of sp³-hybridized carbons (Fsp3) is 0.125. The van der Waals surface area contributed by atoms with Crippen LogP contribution in [0.2, 0.25) is 0 Å². The van der Waals surface area contributed by atoms with Gasteiger partial charge in [-0.2, -0.15) is 0 Å². The second-order valence-electron chi connectivity index (χ2n) is 6.85. The highest BCUT2D eigenvalue weighted by Crippen LogP contribution is 2.22. The van der Waals surface area contributed by atoms with E-state index in [2.05, 4.69) is 15.6 Å². The molecule has 0 spiro atoms. The van der Waals surface area contributed by atoms with Crippen LogP contribution in [0, 0.1) is 0 Å². The first-order chi connectivity index (χ1) is 15.4. The van der Waals surface area contributed by atoms with Crippen LogP contribution in [0.4, 0.5) is 5.69 Å². The summed E-state index contributed by atoms with van der Waals surface area (Å²) in [5.41, 5.74) is 7.63. The summed E-state index contributed by atoms with van der Waals surface area (Å²) in [6.45, 7) is 4.25. The van der Waals surface area contributed by atoms with E-state index in [9.17, 15) is 13.2 Å². The number of hydrazine groups is 1. The van der Waals surface area contributed by atoms with Crippen molar-refractivity contribution >= 4 is 27.2 Å². The highest BCUT2D eigenvalue weighted by molar-refractivity contribution is 7.92. The number of nitrogens with one attached hydrogen (secondary N) is 3.